The molecule has 2 atom stereocenters. The lowest BCUT2D eigenvalue weighted by Crippen LogP contribution is -2.31. The summed E-state index contributed by atoms with van der Waals surface area (Å²) in [5.41, 5.74) is 1.41. The second-order valence-corrected chi connectivity index (χ2v) is 10.0. The number of benzene rings is 1. The Bertz CT molecular complexity index is 302. The molecular weight excluding hydrogens is 212 g/mol. The van der Waals surface area contributed by atoms with Crippen molar-refractivity contribution in [2.24, 2.45) is 0 Å². The largest absolute Gasteiger partial charge is 0.415 e. The first kappa shape index (κ1) is 13.5. The van der Waals surface area contributed by atoms with Gasteiger partial charge < -0.3 is 4.43 Å². The summed E-state index contributed by atoms with van der Waals surface area (Å²) in [5.74, 6) is 0.576. The summed E-state index contributed by atoms with van der Waals surface area (Å²) in [6.45, 7) is 11.2. The van der Waals surface area contributed by atoms with E-state index in [2.05, 4.69) is 63.8 Å². The van der Waals surface area contributed by atoms with E-state index in [1.807, 2.05) is 0 Å². The average Bonchev–Trinajstić information content (AvgIpc) is 2.16. The van der Waals surface area contributed by atoms with Crippen LogP contribution < -0.4 is 0 Å². The van der Waals surface area contributed by atoms with Crippen LogP contribution in [0.1, 0.15) is 31.7 Å². The van der Waals surface area contributed by atoms with E-state index in [1.165, 1.54) is 5.56 Å². The van der Waals surface area contributed by atoms with Gasteiger partial charge in [-0.1, -0.05) is 37.3 Å². The highest BCUT2D eigenvalue weighted by atomic mass is 28.4. The molecule has 0 aromatic heterocycles. The Hall–Kier alpha value is -0.603. The van der Waals surface area contributed by atoms with Crippen LogP contribution in [0, 0.1) is 0 Å². The van der Waals surface area contributed by atoms with E-state index in [0.717, 1.165) is 6.42 Å². The summed E-state index contributed by atoms with van der Waals surface area (Å²) in [6.07, 6.45) is 1.47. The van der Waals surface area contributed by atoms with E-state index in [4.69, 9.17) is 4.43 Å². The fraction of sp³-hybridized carbons (Fsp3) is 0.571. The van der Waals surface area contributed by atoms with Crippen LogP contribution >= 0.6 is 0 Å². The minimum Gasteiger partial charge on any atom is -0.415 e. The Morgan fingerprint density at radius 2 is 1.62 bits per heavy atom. The van der Waals surface area contributed by atoms with Gasteiger partial charge in [-0.05, 0) is 44.5 Å². The van der Waals surface area contributed by atoms with Crippen molar-refractivity contribution in [2.45, 2.75) is 51.9 Å². The summed E-state index contributed by atoms with van der Waals surface area (Å²) in [5, 5.41) is 0. The normalized spacial score (nSPS) is 15.8. The molecule has 0 amide bonds. The van der Waals surface area contributed by atoms with E-state index in [9.17, 15) is 0 Å². The topological polar surface area (TPSA) is 9.23 Å². The van der Waals surface area contributed by atoms with Crippen molar-refractivity contribution in [1.29, 1.82) is 0 Å². The molecule has 1 aromatic carbocycles. The molecule has 2 heteroatoms. The van der Waals surface area contributed by atoms with Crippen molar-refractivity contribution in [3.8, 4) is 0 Å². The van der Waals surface area contributed by atoms with Crippen LogP contribution in [0.5, 0.6) is 0 Å². The van der Waals surface area contributed by atoms with Crippen LogP contribution in [0.25, 0.3) is 0 Å². The average molecular weight is 236 g/mol. The summed E-state index contributed by atoms with van der Waals surface area (Å²) < 4.78 is 6.07. The molecule has 1 rings (SSSR count). The van der Waals surface area contributed by atoms with Crippen LogP contribution in [0.2, 0.25) is 19.6 Å². The van der Waals surface area contributed by atoms with Crippen LogP contribution in [0.3, 0.4) is 0 Å². The molecule has 16 heavy (non-hydrogen) atoms. The van der Waals surface area contributed by atoms with Gasteiger partial charge in [0.05, 0.1) is 0 Å². The molecule has 0 aliphatic rings. The fourth-order valence-corrected chi connectivity index (χ4v) is 3.37. The Morgan fingerprint density at radius 3 is 2.12 bits per heavy atom. The number of rotatable bonds is 5. The molecule has 90 valence electrons. The maximum atomic E-state index is 6.07. The molecule has 0 heterocycles. The first-order valence-corrected chi connectivity index (χ1v) is 9.52. The molecule has 0 aliphatic heterocycles. The highest BCUT2D eigenvalue weighted by molar-refractivity contribution is 6.69. The molecule has 0 aliphatic carbocycles. The maximum Gasteiger partial charge on any atom is 0.184 e. The lowest BCUT2D eigenvalue weighted by molar-refractivity contribution is 0.195. The smallest absolute Gasteiger partial charge is 0.184 e. The van der Waals surface area contributed by atoms with E-state index in [0.29, 0.717) is 12.0 Å². The van der Waals surface area contributed by atoms with E-state index < -0.39 is 8.32 Å². The van der Waals surface area contributed by atoms with Crippen molar-refractivity contribution in [1.82, 2.24) is 0 Å². The Labute approximate surface area is 101 Å². The molecular formula is C14H24OSi. The van der Waals surface area contributed by atoms with Crippen molar-refractivity contribution < 1.29 is 4.43 Å². The molecule has 0 saturated carbocycles. The lowest BCUT2D eigenvalue weighted by Gasteiger charge is -2.25. The molecule has 1 unspecified atom stereocenters. The van der Waals surface area contributed by atoms with E-state index >= 15 is 0 Å². The van der Waals surface area contributed by atoms with Gasteiger partial charge >= 0.3 is 0 Å². The van der Waals surface area contributed by atoms with Crippen molar-refractivity contribution in [2.75, 3.05) is 0 Å². The van der Waals surface area contributed by atoms with Gasteiger partial charge in [0.1, 0.15) is 0 Å². The van der Waals surface area contributed by atoms with Crippen LogP contribution in [0.4, 0.5) is 0 Å². The summed E-state index contributed by atoms with van der Waals surface area (Å²) >= 11 is 0. The SMILES string of the molecule is CC(C[C@H](C)O[Si](C)(C)C)c1ccccc1. The Balaban J connectivity index is 2.49. The highest BCUT2D eigenvalue weighted by Gasteiger charge is 2.19. The Morgan fingerprint density at radius 1 is 1.06 bits per heavy atom. The molecule has 0 saturated heterocycles. The highest BCUT2D eigenvalue weighted by Crippen LogP contribution is 2.22. The van der Waals surface area contributed by atoms with Crippen LogP contribution in [0.15, 0.2) is 30.3 Å². The third-order valence-electron chi connectivity index (χ3n) is 2.61. The van der Waals surface area contributed by atoms with Gasteiger partial charge in [-0.15, -0.1) is 0 Å². The minimum absolute atomic E-state index is 0.363. The fourth-order valence-electron chi connectivity index (χ4n) is 2.07. The quantitative estimate of drug-likeness (QED) is 0.688. The second kappa shape index (κ2) is 5.64. The predicted molar refractivity (Wildman–Crippen MR) is 73.4 cm³/mol. The zero-order valence-electron chi connectivity index (χ0n) is 11.2. The third-order valence-corrected chi connectivity index (χ3v) is 3.72. The van der Waals surface area contributed by atoms with E-state index in [-0.39, 0.29) is 0 Å². The van der Waals surface area contributed by atoms with Gasteiger partial charge in [-0.25, -0.2) is 0 Å². The summed E-state index contributed by atoms with van der Waals surface area (Å²) in [4.78, 5) is 0. The van der Waals surface area contributed by atoms with Gasteiger partial charge in [0.2, 0.25) is 0 Å². The molecule has 0 N–H and O–H groups in total. The Kier molecular flexibility index (Phi) is 4.75. The predicted octanol–water partition coefficient (Wildman–Crippen LogP) is 4.42. The molecule has 1 aromatic rings. The number of hydrogen-bond donors (Lipinski definition) is 0. The molecule has 0 fully saturated rings. The van der Waals surface area contributed by atoms with Gasteiger partial charge in [0.25, 0.3) is 0 Å². The van der Waals surface area contributed by atoms with Crippen molar-refractivity contribution in [3.05, 3.63) is 35.9 Å². The zero-order valence-corrected chi connectivity index (χ0v) is 12.2. The lowest BCUT2D eigenvalue weighted by atomic mass is 9.96. The zero-order chi connectivity index (χ0) is 12.2. The summed E-state index contributed by atoms with van der Waals surface area (Å²) in [7, 11) is -1.39. The molecule has 0 bridgehead atoms. The monoisotopic (exact) mass is 236 g/mol. The van der Waals surface area contributed by atoms with Crippen molar-refractivity contribution >= 4 is 8.32 Å². The van der Waals surface area contributed by atoms with Crippen LogP contribution in [-0.4, -0.2) is 14.4 Å². The first-order valence-electron chi connectivity index (χ1n) is 6.11. The van der Waals surface area contributed by atoms with Crippen molar-refractivity contribution in [3.63, 3.8) is 0 Å². The summed E-state index contributed by atoms with van der Waals surface area (Å²) in [6, 6.07) is 10.7. The molecule has 1 nitrogen and oxygen atoms in total. The molecule has 0 radical (unpaired) electrons. The van der Waals surface area contributed by atoms with E-state index in [1.54, 1.807) is 0 Å². The third kappa shape index (κ3) is 4.95. The van der Waals surface area contributed by atoms with Crippen LogP contribution in [-0.2, 0) is 4.43 Å². The van der Waals surface area contributed by atoms with Gasteiger partial charge in [0.15, 0.2) is 8.32 Å². The van der Waals surface area contributed by atoms with Gasteiger partial charge in [-0.3, -0.25) is 0 Å². The standard InChI is InChI=1S/C14H24OSi/c1-12(14-9-7-6-8-10-14)11-13(2)15-16(3,4)5/h6-10,12-13H,11H2,1-5H3/t12?,13-/m0/s1. The second-order valence-electron chi connectivity index (χ2n) is 5.59. The molecule has 0 spiro atoms. The van der Waals surface area contributed by atoms with Gasteiger partial charge in [-0.2, -0.15) is 0 Å². The maximum absolute atomic E-state index is 6.07. The number of hydrogen-bond acceptors (Lipinski definition) is 1. The van der Waals surface area contributed by atoms with Gasteiger partial charge in [0, 0.05) is 6.10 Å². The first-order chi connectivity index (χ1) is 7.38. The minimum atomic E-state index is -1.39.